The zero-order chi connectivity index (χ0) is 25.5. The highest BCUT2D eigenvalue weighted by atomic mass is 35.5. The molecule has 2 N–H and O–H groups in total. The minimum atomic E-state index is -2.23. The van der Waals surface area contributed by atoms with Crippen molar-refractivity contribution < 1.29 is 33.8 Å². The van der Waals surface area contributed by atoms with Gasteiger partial charge in [0.15, 0.2) is 0 Å². The Morgan fingerprint density at radius 3 is 1.71 bits per heavy atom. The predicted octanol–water partition coefficient (Wildman–Crippen LogP) is 5.12. The first-order valence-corrected chi connectivity index (χ1v) is 11.0. The van der Waals surface area contributed by atoms with Crippen LogP contribution in [-0.4, -0.2) is 41.1 Å². The number of hydrogen-bond donors (Lipinski definition) is 2. The second-order valence-electron chi connectivity index (χ2n) is 6.95. The third-order valence-corrected chi connectivity index (χ3v) is 5.42. The number of carbonyl (C=O) groups is 4. The number of benzene rings is 3. The topological polar surface area (TPSA) is 119 Å². The fraction of sp³-hybridized carbons (Fsp3) is 0.0833. The van der Waals surface area contributed by atoms with Gasteiger partial charge in [-0.05, 0) is 42.5 Å². The summed E-state index contributed by atoms with van der Waals surface area (Å²) in [6, 6.07) is 17.5. The molecule has 0 aliphatic carbocycles. The molecule has 0 radical (unpaired) electrons. The summed E-state index contributed by atoms with van der Waals surface area (Å²) in [5.41, 5.74) is -0.0917. The molecule has 0 spiro atoms. The third-order valence-electron chi connectivity index (χ3n) is 4.52. The van der Waals surface area contributed by atoms with E-state index < -0.39 is 36.0 Å². The van der Waals surface area contributed by atoms with E-state index >= 15 is 0 Å². The second-order valence-corrected chi connectivity index (χ2v) is 8.20. The molecule has 1 amide bonds. The average Bonchev–Trinajstić information content (AvgIpc) is 2.81. The molecule has 0 aromatic heterocycles. The van der Waals surface area contributed by atoms with Crippen LogP contribution in [0.2, 0.25) is 15.1 Å². The summed E-state index contributed by atoms with van der Waals surface area (Å²) in [6.45, 7) is 0. The molecule has 0 saturated carbocycles. The summed E-state index contributed by atoms with van der Waals surface area (Å²) >= 11 is 17.9. The van der Waals surface area contributed by atoms with Gasteiger partial charge in [0.1, 0.15) is 0 Å². The van der Waals surface area contributed by atoms with E-state index in [1.165, 1.54) is 54.6 Å². The maximum absolute atomic E-state index is 13.1. The van der Waals surface area contributed by atoms with E-state index in [-0.39, 0.29) is 31.9 Å². The molecule has 0 unspecified atom stereocenters. The van der Waals surface area contributed by atoms with Crippen molar-refractivity contribution in [2.24, 2.45) is 0 Å². The Kier molecular flexibility index (Phi) is 8.70. The number of halogens is 3. The van der Waals surface area contributed by atoms with Crippen molar-refractivity contribution in [3.8, 4) is 0 Å². The number of nitrogens with one attached hydrogen (secondary N) is 1. The van der Waals surface area contributed by atoms with Crippen LogP contribution in [0.1, 0.15) is 20.7 Å². The summed E-state index contributed by atoms with van der Waals surface area (Å²) in [5.74, 6) is -5.09. The van der Waals surface area contributed by atoms with Gasteiger partial charge in [0, 0.05) is 10.7 Å². The highest BCUT2D eigenvalue weighted by molar-refractivity contribution is 6.34. The number of esters is 2. The van der Waals surface area contributed by atoms with Gasteiger partial charge in [-0.15, -0.1) is 0 Å². The Balaban J connectivity index is 1.94. The lowest BCUT2D eigenvalue weighted by molar-refractivity contribution is -0.157. The number of aliphatic carboxylic acids is 1. The summed E-state index contributed by atoms with van der Waals surface area (Å²) in [6.07, 6.45) is -4.34. The van der Waals surface area contributed by atoms with Crippen molar-refractivity contribution >= 4 is 64.3 Å². The average molecular weight is 537 g/mol. The van der Waals surface area contributed by atoms with E-state index in [0.29, 0.717) is 0 Å². The molecule has 11 heteroatoms. The molecule has 180 valence electrons. The van der Waals surface area contributed by atoms with Crippen LogP contribution >= 0.6 is 34.8 Å². The fourth-order valence-electron chi connectivity index (χ4n) is 2.89. The molecular weight excluding hydrogens is 521 g/mol. The zero-order valence-electron chi connectivity index (χ0n) is 17.6. The molecule has 0 bridgehead atoms. The molecule has 3 aromatic carbocycles. The molecule has 0 saturated heterocycles. The van der Waals surface area contributed by atoms with Crippen LogP contribution in [0.5, 0.6) is 0 Å². The molecular formula is C24H16Cl3NO7. The van der Waals surface area contributed by atoms with Gasteiger partial charge >= 0.3 is 17.9 Å². The van der Waals surface area contributed by atoms with Crippen molar-refractivity contribution in [1.82, 2.24) is 0 Å². The first-order valence-electron chi connectivity index (χ1n) is 9.87. The van der Waals surface area contributed by atoms with Crippen molar-refractivity contribution in [3.05, 3.63) is 99.0 Å². The van der Waals surface area contributed by atoms with Gasteiger partial charge in [0.2, 0.25) is 12.2 Å². The summed E-state index contributed by atoms with van der Waals surface area (Å²) in [5, 5.41) is 12.5. The lowest BCUT2D eigenvalue weighted by Crippen LogP contribution is -2.48. The van der Waals surface area contributed by atoms with Crippen LogP contribution < -0.4 is 5.32 Å². The highest BCUT2D eigenvalue weighted by Gasteiger charge is 2.41. The molecule has 0 aliphatic heterocycles. The maximum atomic E-state index is 13.1. The van der Waals surface area contributed by atoms with Crippen LogP contribution in [0.15, 0.2) is 72.8 Å². The summed E-state index contributed by atoms with van der Waals surface area (Å²) < 4.78 is 10.3. The summed E-state index contributed by atoms with van der Waals surface area (Å²) in [4.78, 5) is 50.5. The third kappa shape index (κ3) is 6.73. The minimum absolute atomic E-state index is 0.00497. The molecule has 0 fully saturated rings. The molecule has 2 atom stereocenters. The molecule has 35 heavy (non-hydrogen) atoms. The number of hydrogen-bond acceptors (Lipinski definition) is 6. The van der Waals surface area contributed by atoms with Crippen molar-refractivity contribution in [2.75, 3.05) is 5.32 Å². The second kappa shape index (κ2) is 11.7. The standard InChI is InChI=1S/C24H16Cl3NO7/c25-13-6-5-7-14(12-13)28-21(29)19(34-23(32)15-8-1-3-10-17(15)26)20(22(30)31)35-24(33)16-9-2-4-11-18(16)27/h1-12,19-20H,(H,28,29)(H,30,31)/t19-,20-/m0/s1. The molecule has 3 rings (SSSR count). The largest absolute Gasteiger partial charge is 0.478 e. The molecule has 8 nitrogen and oxygen atoms in total. The number of carboxylic acid groups (broad SMARTS) is 1. The van der Waals surface area contributed by atoms with Crippen LogP contribution in [0.3, 0.4) is 0 Å². The molecule has 0 aliphatic rings. The van der Waals surface area contributed by atoms with E-state index in [1.807, 2.05) is 0 Å². The monoisotopic (exact) mass is 535 g/mol. The van der Waals surface area contributed by atoms with Crippen LogP contribution in [0.25, 0.3) is 0 Å². The lowest BCUT2D eigenvalue weighted by Gasteiger charge is -2.24. The quantitative estimate of drug-likeness (QED) is 0.383. The van der Waals surface area contributed by atoms with Crippen molar-refractivity contribution in [1.29, 1.82) is 0 Å². The van der Waals surface area contributed by atoms with Gasteiger partial charge in [-0.1, -0.05) is 65.1 Å². The maximum Gasteiger partial charge on any atom is 0.349 e. The van der Waals surface area contributed by atoms with E-state index in [2.05, 4.69) is 5.32 Å². The minimum Gasteiger partial charge on any atom is -0.478 e. The number of anilines is 1. The Bertz CT molecular complexity index is 1280. The van der Waals surface area contributed by atoms with Crippen molar-refractivity contribution in [3.63, 3.8) is 0 Å². The number of carbonyl (C=O) groups excluding carboxylic acids is 3. The highest BCUT2D eigenvalue weighted by Crippen LogP contribution is 2.22. The number of amides is 1. The summed E-state index contributed by atoms with van der Waals surface area (Å²) in [7, 11) is 0. The Hall–Kier alpha value is -3.59. The molecule has 3 aromatic rings. The van der Waals surface area contributed by atoms with Gasteiger partial charge in [0.05, 0.1) is 21.2 Å². The van der Waals surface area contributed by atoms with Gasteiger partial charge in [-0.25, -0.2) is 14.4 Å². The van der Waals surface area contributed by atoms with E-state index in [0.717, 1.165) is 0 Å². The van der Waals surface area contributed by atoms with E-state index in [1.54, 1.807) is 18.2 Å². The lowest BCUT2D eigenvalue weighted by atomic mass is 10.1. The van der Waals surface area contributed by atoms with Gasteiger partial charge in [0.25, 0.3) is 5.91 Å². The molecule has 0 heterocycles. The number of carboxylic acids is 1. The van der Waals surface area contributed by atoms with E-state index in [4.69, 9.17) is 44.3 Å². The Morgan fingerprint density at radius 2 is 1.23 bits per heavy atom. The Labute approximate surface area is 214 Å². The number of rotatable bonds is 8. The van der Waals surface area contributed by atoms with Gasteiger partial charge < -0.3 is 19.9 Å². The Morgan fingerprint density at radius 1 is 0.714 bits per heavy atom. The zero-order valence-corrected chi connectivity index (χ0v) is 19.9. The van der Waals surface area contributed by atoms with Crippen molar-refractivity contribution in [2.45, 2.75) is 12.2 Å². The normalized spacial score (nSPS) is 12.2. The smallest absolute Gasteiger partial charge is 0.349 e. The number of ether oxygens (including phenoxy) is 2. The first kappa shape index (κ1) is 26.0. The SMILES string of the molecule is O=C(O[C@H](C(=O)O)[C@H](OC(=O)c1ccccc1Cl)C(=O)Nc1cccc(Cl)c1)c1ccccc1Cl. The van der Waals surface area contributed by atoms with Crippen LogP contribution in [-0.2, 0) is 19.1 Å². The first-order chi connectivity index (χ1) is 16.7. The predicted molar refractivity (Wildman–Crippen MR) is 129 cm³/mol. The fourth-order valence-corrected chi connectivity index (χ4v) is 3.50. The van der Waals surface area contributed by atoms with Gasteiger partial charge in [-0.2, -0.15) is 0 Å². The van der Waals surface area contributed by atoms with E-state index in [9.17, 15) is 24.3 Å². The van der Waals surface area contributed by atoms with Crippen LogP contribution in [0.4, 0.5) is 5.69 Å². The van der Waals surface area contributed by atoms with Gasteiger partial charge in [-0.3, -0.25) is 4.79 Å². The van der Waals surface area contributed by atoms with Crippen LogP contribution in [0, 0.1) is 0 Å².